The van der Waals surface area contributed by atoms with Crippen molar-refractivity contribution >= 4 is 12.0 Å². The summed E-state index contributed by atoms with van der Waals surface area (Å²) in [4.78, 5) is 22.6. The molecule has 2 amide bonds. The van der Waals surface area contributed by atoms with E-state index in [2.05, 4.69) is 10.6 Å². The Morgan fingerprint density at radius 2 is 2.20 bits per heavy atom. The number of furan rings is 1. The monoisotopic (exact) mass is 280 g/mol. The smallest absolute Gasteiger partial charge is 0.314 e. The molecular formula is C14H20N2O4. The van der Waals surface area contributed by atoms with Crippen LogP contribution in [0.25, 0.3) is 0 Å². The van der Waals surface area contributed by atoms with Gasteiger partial charge in [-0.15, -0.1) is 0 Å². The van der Waals surface area contributed by atoms with Gasteiger partial charge in [0.15, 0.2) is 0 Å². The Balaban J connectivity index is 1.63. The Bertz CT molecular complexity index is 444. The summed E-state index contributed by atoms with van der Waals surface area (Å²) in [5, 5.41) is 14.5. The standard InChI is InChI=1S/C14H20N2O4/c17-13(18)12-5-1-3-10(12)9-16-14(19)15-7-6-11-4-2-8-20-11/h2,4,8,10,12H,1,3,5-7,9H2,(H,17,18)(H2,15,16,19). The Morgan fingerprint density at radius 3 is 2.90 bits per heavy atom. The summed E-state index contributed by atoms with van der Waals surface area (Å²) < 4.78 is 5.16. The van der Waals surface area contributed by atoms with Crippen LogP contribution in [0.2, 0.25) is 0 Å². The lowest BCUT2D eigenvalue weighted by Gasteiger charge is -2.16. The Hall–Kier alpha value is -1.98. The zero-order valence-electron chi connectivity index (χ0n) is 11.3. The first-order valence-electron chi connectivity index (χ1n) is 6.93. The predicted octanol–water partition coefficient (Wildman–Crippen LogP) is 1.62. The number of carboxylic acids is 1. The third kappa shape index (κ3) is 4.01. The fourth-order valence-corrected chi connectivity index (χ4v) is 2.65. The van der Waals surface area contributed by atoms with E-state index >= 15 is 0 Å². The molecule has 1 aliphatic rings. The van der Waals surface area contributed by atoms with Gasteiger partial charge in [0.1, 0.15) is 5.76 Å². The summed E-state index contributed by atoms with van der Waals surface area (Å²) >= 11 is 0. The zero-order chi connectivity index (χ0) is 14.4. The number of carboxylic acid groups (broad SMARTS) is 1. The fraction of sp³-hybridized carbons (Fsp3) is 0.571. The van der Waals surface area contributed by atoms with E-state index in [0.717, 1.165) is 18.6 Å². The first-order chi connectivity index (χ1) is 9.66. The van der Waals surface area contributed by atoms with Crippen LogP contribution in [0.1, 0.15) is 25.0 Å². The maximum absolute atomic E-state index is 11.6. The second-order valence-corrected chi connectivity index (χ2v) is 5.10. The van der Waals surface area contributed by atoms with Crippen molar-refractivity contribution in [1.29, 1.82) is 0 Å². The maximum atomic E-state index is 11.6. The van der Waals surface area contributed by atoms with Crippen LogP contribution in [-0.4, -0.2) is 30.2 Å². The minimum absolute atomic E-state index is 0.0447. The van der Waals surface area contributed by atoms with Crippen LogP contribution in [0.15, 0.2) is 22.8 Å². The summed E-state index contributed by atoms with van der Waals surface area (Å²) in [5.74, 6) is -0.207. The first kappa shape index (κ1) is 14.4. The van der Waals surface area contributed by atoms with E-state index in [0.29, 0.717) is 25.9 Å². The molecule has 0 radical (unpaired) electrons. The molecule has 0 spiro atoms. The molecule has 20 heavy (non-hydrogen) atoms. The van der Waals surface area contributed by atoms with Crippen molar-refractivity contribution < 1.29 is 19.1 Å². The normalized spacial score (nSPS) is 21.6. The highest BCUT2D eigenvalue weighted by Gasteiger charge is 2.32. The van der Waals surface area contributed by atoms with Crippen molar-refractivity contribution in [3.63, 3.8) is 0 Å². The number of hydrogen-bond donors (Lipinski definition) is 3. The van der Waals surface area contributed by atoms with Gasteiger partial charge in [-0.25, -0.2) is 4.79 Å². The number of urea groups is 1. The highest BCUT2D eigenvalue weighted by atomic mass is 16.4. The number of carbonyl (C=O) groups is 2. The third-order valence-electron chi connectivity index (χ3n) is 3.74. The van der Waals surface area contributed by atoms with Gasteiger partial charge in [0.05, 0.1) is 12.2 Å². The molecule has 1 aliphatic carbocycles. The van der Waals surface area contributed by atoms with Crippen molar-refractivity contribution in [2.24, 2.45) is 11.8 Å². The van der Waals surface area contributed by atoms with Crippen LogP contribution < -0.4 is 10.6 Å². The van der Waals surface area contributed by atoms with Gasteiger partial charge < -0.3 is 20.2 Å². The second-order valence-electron chi connectivity index (χ2n) is 5.10. The molecule has 1 heterocycles. The molecule has 1 aromatic heterocycles. The molecule has 0 aromatic carbocycles. The number of amides is 2. The summed E-state index contributed by atoms with van der Waals surface area (Å²) in [6, 6.07) is 3.41. The topological polar surface area (TPSA) is 91.6 Å². The Morgan fingerprint density at radius 1 is 1.35 bits per heavy atom. The van der Waals surface area contributed by atoms with Gasteiger partial charge in [-0.3, -0.25) is 4.79 Å². The molecule has 0 saturated heterocycles. The first-order valence-corrected chi connectivity index (χ1v) is 6.93. The molecule has 2 unspecified atom stereocenters. The molecule has 6 nitrogen and oxygen atoms in total. The van der Waals surface area contributed by atoms with Gasteiger partial charge in [-0.1, -0.05) is 6.42 Å². The summed E-state index contributed by atoms with van der Waals surface area (Å²) in [6.07, 6.45) is 4.73. The van der Waals surface area contributed by atoms with Gasteiger partial charge in [0.2, 0.25) is 0 Å². The summed E-state index contributed by atoms with van der Waals surface area (Å²) in [5.41, 5.74) is 0. The number of aliphatic carboxylic acids is 1. The zero-order valence-corrected chi connectivity index (χ0v) is 11.3. The predicted molar refractivity (Wildman–Crippen MR) is 72.3 cm³/mol. The molecule has 2 atom stereocenters. The Kier molecular flexibility index (Phi) is 5.03. The van der Waals surface area contributed by atoms with Crippen LogP contribution in [0.5, 0.6) is 0 Å². The van der Waals surface area contributed by atoms with Gasteiger partial charge >= 0.3 is 12.0 Å². The molecule has 6 heteroatoms. The average molecular weight is 280 g/mol. The number of hydrogen-bond acceptors (Lipinski definition) is 3. The van der Waals surface area contributed by atoms with E-state index in [1.807, 2.05) is 12.1 Å². The van der Waals surface area contributed by atoms with Crippen LogP contribution in [-0.2, 0) is 11.2 Å². The summed E-state index contributed by atoms with van der Waals surface area (Å²) in [6.45, 7) is 0.913. The lowest BCUT2D eigenvalue weighted by molar-refractivity contribution is -0.142. The van der Waals surface area contributed by atoms with Crippen LogP contribution in [0.3, 0.4) is 0 Å². The molecule has 3 N–H and O–H groups in total. The van der Waals surface area contributed by atoms with Crippen LogP contribution in [0.4, 0.5) is 4.79 Å². The van der Waals surface area contributed by atoms with Crippen molar-refractivity contribution in [3.05, 3.63) is 24.2 Å². The van der Waals surface area contributed by atoms with E-state index < -0.39 is 5.97 Å². The van der Waals surface area contributed by atoms with Crippen molar-refractivity contribution in [2.45, 2.75) is 25.7 Å². The molecule has 2 rings (SSSR count). The van der Waals surface area contributed by atoms with Gasteiger partial charge in [-0.2, -0.15) is 0 Å². The van der Waals surface area contributed by atoms with Gasteiger partial charge in [-0.05, 0) is 30.9 Å². The van der Waals surface area contributed by atoms with E-state index in [9.17, 15) is 9.59 Å². The molecular weight excluding hydrogens is 260 g/mol. The van der Waals surface area contributed by atoms with Gasteiger partial charge in [0, 0.05) is 19.5 Å². The molecule has 1 aromatic rings. The lowest BCUT2D eigenvalue weighted by Crippen LogP contribution is -2.40. The van der Waals surface area contributed by atoms with Crippen LogP contribution >= 0.6 is 0 Å². The van der Waals surface area contributed by atoms with E-state index in [-0.39, 0.29) is 17.9 Å². The van der Waals surface area contributed by atoms with Crippen molar-refractivity contribution in [1.82, 2.24) is 10.6 Å². The Labute approximate surface area is 117 Å². The number of rotatable bonds is 6. The van der Waals surface area contributed by atoms with E-state index in [1.54, 1.807) is 6.26 Å². The second kappa shape index (κ2) is 6.98. The van der Waals surface area contributed by atoms with Crippen molar-refractivity contribution in [3.8, 4) is 0 Å². The molecule has 0 aliphatic heterocycles. The highest BCUT2D eigenvalue weighted by molar-refractivity contribution is 5.74. The van der Waals surface area contributed by atoms with Crippen LogP contribution in [0, 0.1) is 11.8 Å². The average Bonchev–Trinajstić information content (AvgIpc) is 3.07. The minimum Gasteiger partial charge on any atom is -0.481 e. The van der Waals surface area contributed by atoms with E-state index in [1.165, 1.54) is 0 Å². The number of nitrogens with one attached hydrogen (secondary N) is 2. The van der Waals surface area contributed by atoms with E-state index in [4.69, 9.17) is 9.52 Å². The quantitative estimate of drug-likeness (QED) is 0.738. The molecule has 1 saturated carbocycles. The number of carbonyl (C=O) groups excluding carboxylic acids is 1. The largest absolute Gasteiger partial charge is 0.481 e. The lowest BCUT2D eigenvalue weighted by atomic mass is 9.96. The SMILES string of the molecule is O=C(NCCc1ccco1)NCC1CCCC1C(=O)O. The fourth-order valence-electron chi connectivity index (χ4n) is 2.65. The van der Waals surface area contributed by atoms with Crippen molar-refractivity contribution in [2.75, 3.05) is 13.1 Å². The molecule has 1 fully saturated rings. The van der Waals surface area contributed by atoms with Gasteiger partial charge in [0.25, 0.3) is 0 Å². The molecule has 0 bridgehead atoms. The highest BCUT2D eigenvalue weighted by Crippen LogP contribution is 2.31. The maximum Gasteiger partial charge on any atom is 0.314 e. The minimum atomic E-state index is -0.757. The molecule has 110 valence electrons. The third-order valence-corrected chi connectivity index (χ3v) is 3.74. The summed E-state index contributed by atoms with van der Waals surface area (Å²) in [7, 11) is 0.